The van der Waals surface area contributed by atoms with E-state index in [9.17, 15) is 18.3 Å². The summed E-state index contributed by atoms with van der Waals surface area (Å²) in [6.45, 7) is -0.416. The molecule has 1 heterocycles. The maximum atomic E-state index is 13.5. The predicted octanol–water partition coefficient (Wildman–Crippen LogP) is -1.20. The molecule has 4 atom stereocenters. The van der Waals surface area contributed by atoms with Crippen LogP contribution >= 0.6 is 0 Å². The van der Waals surface area contributed by atoms with Crippen molar-refractivity contribution >= 4 is 29.0 Å². The Morgan fingerprint density at radius 3 is 2.45 bits per heavy atom. The van der Waals surface area contributed by atoms with Crippen molar-refractivity contribution in [3.63, 3.8) is 0 Å². The van der Waals surface area contributed by atoms with E-state index in [-0.39, 0.29) is 37.9 Å². The smallest absolute Gasteiger partial charge is 0.451 e. The number of hydrogen-bond donors (Lipinski definition) is 5. The third-order valence-electron chi connectivity index (χ3n) is 5.70. The first-order valence-electron chi connectivity index (χ1n) is 9.56. The third-order valence-corrected chi connectivity index (χ3v) is 7.60. The van der Waals surface area contributed by atoms with Crippen LogP contribution in [0, 0.1) is 5.92 Å². The van der Waals surface area contributed by atoms with E-state index in [2.05, 4.69) is 0 Å². The van der Waals surface area contributed by atoms with Gasteiger partial charge < -0.3 is 26.6 Å². The minimum Gasteiger partial charge on any atom is -0.480 e. The van der Waals surface area contributed by atoms with E-state index in [1.54, 1.807) is 30.3 Å². The molecule has 7 N–H and O–H groups in total. The molecule has 12 heteroatoms. The number of hydrogen-bond acceptors (Lipinski definition) is 7. The molecule has 0 aromatic heterocycles. The van der Waals surface area contributed by atoms with Crippen molar-refractivity contribution in [1.29, 1.82) is 0 Å². The van der Waals surface area contributed by atoms with E-state index in [0.717, 1.165) is 4.31 Å². The molecule has 160 valence electrons. The van der Waals surface area contributed by atoms with Gasteiger partial charge in [0.05, 0.1) is 11.7 Å². The van der Waals surface area contributed by atoms with E-state index in [0.29, 0.717) is 18.5 Å². The summed E-state index contributed by atoms with van der Waals surface area (Å²) in [6, 6.07) is 7.90. The van der Waals surface area contributed by atoms with Crippen molar-refractivity contribution in [2.24, 2.45) is 17.4 Å². The maximum absolute atomic E-state index is 13.5. The zero-order chi connectivity index (χ0) is 21.4. The number of benzene rings is 1. The molecule has 10 nitrogen and oxygen atoms in total. The summed E-state index contributed by atoms with van der Waals surface area (Å²) in [6.07, 6.45) is 1.16. The molecule has 0 spiro atoms. The SMILES string of the molecule is NC1CC1N(c1ccccc1)S(=O)(=O)N1C[C@H](CCCB(O)O)[C@](N)(C(=O)O)C1. The molecule has 1 aromatic rings. The molecule has 0 amide bonds. The van der Waals surface area contributed by atoms with Crippen LogP contribution in [0.1, 0.15) is 19.3 Å². The van der Waals surface area contributed by atoms with Crippen LogP contribution in [0.5, 0.6) is 0 Å². The van der Waals surface area contributed by atoms with Gasteiger partial charge in [0.1, 0.15) is 5.54 Å². The van der Waals surface area contributed by atoms with E-state index in [1.807, 2.05) is 0 Å². The minimum atomic E-state index is -4.06. The molecule has 1 saturated carbocycles. The Bertz CT molecular complexity index is 842. The second-order valence-electron chi connectivity index (χ2n) is 7.85. The van der Waals surface area contributed by atoms with Crippen LogP contribution in [0.4, 0.5) is 5.69 Å². The van der Waals surface area contributed by atoms with Crippen LogP contribution in [-0.4, -0.2) is 71.7 Å². The average Bonchev–Trinajstić information content (AvgIpc) is 3.23. The van der Waals surface area contributed by atoms with Gasteiger partial charge in [0, 0.05) is 25.0 Å². The summed E-state index contributed by atoms with van der Waals surface area (Å²) in [4.78, 5) is 11.9. The van der Waals surface area contributed by atoms with Crippen molar-refractivity contribution < 1.29 is 28.4 Å². The van der Waals surface area contributed by atoms with Gasteiger partial charge in [-0.15, -0.1) is 0 Å². The maximum Gasteiger partial charge on any atom is 0.451 e. The van der Waals surface area contributed by atoms with Crippen molar-refractivity contribution in [2.75, 3.05) is 17.4 Å². The van der Waals surface area contributed by atoms with Gasteiger partial charge in [0.25, 0.3) is 0 Å². The normalized spacial score (nSPS) is 29.6. The molecule has 0 bridgehead atoms. The number of carboxylic acids is 1. The molecule has 2 unspecified atom stereocenters. The minimum absolute atomic E-state index is 0.0576. The number of carbonyl (C=O) groups is 1. The van der Waals surface area contributed by atoms with Crippen LogP contribution in [0.2, 0.25) is 6.32 Å². The summed E-state index contributed by atoms with van der Waals surface area (Å²) in [7, 11) is -5.56. The van der Waals surface area contributed by atoms with Gasteiger partial charge in [0.15, 0.2) is 0 Å². The van der Waals surface area contributed by atoms with Gasteiger partial charge in [0.2, 0.25) is 0 Å². The van der Waals surface area contributed by atoms with Crippen LogP contribution in [0.15, 0.2) is 30.3 Å². The summed E-state index contributed by atoms with van der Waals surface area (Å²) in [5.74, 6) is -1.93. The highest BCUT2D eigenvalue weighted by molar-refractivity contribution is 7.90. The molecular weight excluding hydrogens is 399 g/mol. The molecular formula is C17H27BN4O6S. The van der Waals surface area contributed by atoms with Crippen LogP contribution < -0.4 is 15.8 Å². The molecule has 1 aromatic carbocycles. The quantitative estimate of drug-likeness (QED) is 0.307. The summed E-state index contributed by atoms with van der Waals surface area (Å²) >= 11 is 0. The Morgan fingerprint density at radius 2 is 1.93 bits per heavy atom. The first kappa shape index (κ1) is 22.0. The Kier molecular flexibility index (Phi) is 6.23. The van der Waals surface area contributed by atoms with Crippen LogP contribution in [0.3, 0.4) is 0 Å². The van der Waals surface area contributed by atoms with Crippen LogP contribution in [-0.2, 0) is 15.0 Å². The lowest BCUT2D eigenvalue weighted by Gasteiger charge is -2.30. The number of aliphatic carboxylic acids is 1. The Hall–Kier alpha value is -1.70. The molecule has 1 saturated heterocycles. The molecule has 1 aliphatic heterocycles. The Labute approximate surface area is 170 Å². The zero-order valence-electron chi connectivity index (χ0n) is 16.0. The highest BCUT2D eigenvalue weighted by Crippen LogP contribution is 2.38. The van der Waals surface area contributed by atoms with Crippen molar-refractivity contribution in [2.45, 2.75) is 43.2 Å². The first-order valence-corrected chi connectivity index (χ1v) is 11.0. The number of nitrogens with two attached hydrogens (primary N) is 2. The van der Waals surface area contributed by atoms with Gasteiger partial charge in [-0.05, 0) is 31.3 Å². The lowest BCUT2D eigenvalue weighted by Crippen LogP contribution is -2.55. The first-order chi connectivity index (χ1) is 13.6. The fraction of sp³-hybridized carbons (Fsp3) is 0.588. The number of carboxylic acid groups (broad SMARTS) is 1. The Balaban J connectivity index is 1.86. The molecule has 0 radical (unpaired) electrons. The topological polar surface area (TPSA) is 170 Å². The van der Waals surface area contributed by atoms with Crippen molar-refractivity contribution in [3.8, 4) is 0 Å². The number of anilines is 1. The molecule has 3 rings (SSSR count). The van der Waals surface area contributed by atoms with Crippen molar-refractivity contribution in [1.82, 2.24) is 4.31 Å². The second-order valence-corrected chi connectivity index (χ2v) is 9.66. The van der Waals surface area contributed by atoms with E-state index < -0.39 is 34.8 Å². The van der Waals surface area contributed by atoms with Gasteiger partial charge >= 0.3 is 23.3 Å². The summed E-state index contributed by atoms with van der Waals surface area (Å²) in [5.41, 5.74) is 10.8. The van der Waals surface area contributed by atoms with Gasteiger partial charge in [-0.2, -0.15) is 12.7 Å². The highest BCUT2D eigenvalue weighted by Gasteiger charge is 2.55. The van der Waals surface area contributed by atoms with E-state index >= 15 is 0 Å². The number of para-hydroxylation sites is 1. The monoisotopic (exact) mass is 426 g/mol. The Morgan fingerprint density at radius 1 is 1.31 bits per heavy atom. The lowest BCUT2D eigenvalue weighted by molar-refractivity contribution is -0.144. The summed E-state index contributed by atoms with van der Waals surface area (Å²) < 4.78 is 29.3. The second kappa shape index (κ2) is 8.21. The van der Waals surface area contributed by atoms with E-state index in [4.69, 9.17) is 21.5 Å². The molecule has 2 fully saturated rings. The average molecular weight is 426 g/mol. The van der Waals surface area contributed by atoms with Crippen LogP contribution in [0.25, 0.3) is 0 Å². The fourth-order valence-corrected chi connectivity index (χ4v) is 5.84. The van der Waals surface area contributed by atoms with E-state index in [1.165, 1.54) is 4.31 Å². The zero-order valence-corrected chi connectivity index (χ0v) is 16.8. The fourth-order valence-electron chi connectivity index (χ4n) is 3.87. The lowest BCUT2D eigenvalue weighted by atomic mass is 9.78. The predicted molar refractivity (Wildman–Crippen MR) is 108 cm³/mol. The standard InChI is InChI=1S/C17H27BN4O6S/c19-14-9-15(14)22(13-6-2-1-3-7-13)29(27,28)21-10-12(5-4-8-18(25)26)17(20,11-21)16(23)24/h1-3,6-7,12,14-15,25-26H,4-5,8-11,19-20H2,(H,23,24)/t12-,14?,15?,17-/m0/s1. The molecule has 1 aliphatic carbocycles. The number of rotatable bonds is 9. The van der Waals surface area contributed by atoms with Crippen molar-refractivity contribution in [3.05, 3.63) is 30.3 Å². The van der Waals surface area contributed by atoms with Gasteiger partial charge in [-0.1, -0.05) is 24.6 Å². The number of nitrogens with zero attached hydrogens (tertiary/aromatic N) is 2. The van der Waals surface area contributed by atoms with Gasteiger partial charge in [-0.3, -0.25) is 9.10 Å². The third kappa shape index (κ3) is 4.42. The highest BCUT2D eigenvalue weighted by atomic mass is 32.2. The van der Waals surface area contributed by atoms with Gasteiger partial charge in [-0.25, -0.2) is 0 Å². The summed E-state index contributed by atoms with van der Waals surface area (Å²) in [5, 5.41) is 27.7. The largest absolute Gasteiger partial charge is 0.480 e. The molecule has 29 heavy (non-hydrogen) atoms. The molecule has 2 aliphatic rings.